The number of benzene rings is 1. The predicted molar refractivity (Wildman–Crippen MR) is 119 cm³/mol. The molecule has 0 N–H and O–H groups in total. The number of rotatable bonds is 4. The van der Waals surface area contributed by atoms with E-state index in [4.69, 9.17) is 37.7 Å². The van der Waals surface area contributed by atoms with Gasteiger partial charge in [-0.05, 0) is 24.5 Å². The van der Waals surface area contributed by atoms with Gasteiger partial charge in [-0.2, -0.15) is 0 Å². The molecule has 152 valence electrons. The third kappa shape index (κ3) is 3.47. The molecule has 0 spiro atoms. The van der Waals surface area contributed by atoms with E-state index in [0.29, 0.717) is 32.8 Å². The number of halogens is 2. The molecule has 0 radical (unpaired) electrons. The Balaban J connectivity index is 1.98. The van der Waals surface area contributed by atoms with E-state index >= 15 is 0 Å². The maximum Gasteiger partial charge on any atom is 0.141 e. The molecule has 0 amide bonds. The summed E-state index contributed by atoms with van der Waals surface area (Å²) in [6.45, 7) is 8.36. The molecule has 1 aliphatic rings. The molecule has 0 bridgehead atoms. The van der Waals surface area contributed by atoms with Gasteiger partial charge in [-0.15, -0.1) is 0 Å². The lowest BCUT2D eigenvalue weighted by molar-refractivity contribution is 0.275. The Kier molecular flexibility index (Phi) is 4.99. The Hall–Kier alpha value is -2.24. The highest BCUT2D eigenvalue weighted by molar-refractivity contribution is 6.41. The summed E-state index contributed by atoms with van der Waals surface area (Å²) >= 11 is 13.3. The zero-order valence-corrected chi connectivity index (χ0v) is 18.6. The van der Waals surface area contributed by atoms with Crippen LogP contribution in [0.1, 0.15) is 19.5 Å². The van der Waals surface area contributed by atoms with Crippen molar-refractivity contribution in [2.45, 2.75) is 20.8 Å². The van der Waals surface area contributed by atoms with Gasteiger partial charge in [0.1, 0.15) is 17.3 Å². The van der Waals surface area contributed by atoms with Crippen LogP contribution in [-0.2, 0) is 0 Å². The maximum absolute atomic E-state index is 6.64. The van der Waals surface area contributed by atoms with Crippen molar-refractivity contribution >= 4 is 39.8 Å². The molecule has 0 unspecified atom stereocenters. The lowest BCUT2D eigenvalue weighted by Gasteiger charge is -2.47. The van der Waals surface area contributed by atoms with Gasteiger partial charge in [0.05, 0.1) is 30.0 Å². The van der Waals surface area contributed by atoms with Crippen molar-refractivity contribution in [3.63, 3.8) is 0 Å². The van der Waals surface area contributed by atoms with Crippen LogP contribution in [0.2, 0.25) is 10.0 Å². The third-order valence-corrected chi connectivity index (χ3v) is 5.95. The van der Waals surface area contributed by atoms with Crippen LogP contribution in [-0.4, -0.2) is 37.3 Å². The monoisotopic (exact) mass is 431 g/mol. The largest absolute Gasteiger partial charge is 0.495 e. The van der Waals surface area contributed by atoms with E-state index in [1.807, 2.05) is 19.2 Å². The molecule has 29 heavy (non-hydrogen) atoms. The number of nitrogens with zero attached hydrogens (tertiary/aromatic N) is 3. The van der Waals surface area contributed by atoms with Crippen LogP contribution in [0.15, 0.2) is 24.4 Å². The number of aromatic nitrogens is 2. The van der Waals surface area contributed by atoms with Crippen molar-refractivity contribution in [2.75, 3.05) is 32.2 Å². The summed E-state index contributed by atoms with van der Waals surface area (Å²) in [7, 11) is 3.12. The van der Waals surface area contributed by atoms with Gasteiger partial charge < -0.3 is 14.4 Å². The van der Waals surface area contributed by atoms with E-state index in [-0.39, 0.29) is 5.41 Å². The number of fused-ring (bicyclic) bond motifs is 1. The molecule has 0 aliphatic carbocycles. The van der Waals surface area contributed by atoms with Crippen LogP contribution >= 0.6 is 23.2 Å². The number of pyridine rings is 2. The molecule has 3 aromatic rings. The molecule has 0 saturated carbocycles. The second-order valence-corrected chi connectivity index (χ2v) is 8.94. The van der Waals surface area contributed by atoms with Crippen molar-refractivity contribution in [3.8, 4) is 22.8 Å². The van der Waals surface area contributed by atoms with Crippen molar-refractivity contribution in [3.05, 3.63) is 40.1 Å². The number of hydrogen-bond acceptors (Lipinski definition) is 5. The standard InChI is InChI=1S/C22H23Cl2N3O2/c1-12-6-14-13(9-25-12)7-15(26-21(14)27-10-22(2,3)11-27)18-19(23)16(28-4)8-17(29-5)20(18)24/h6-9H,10-11H2,1-5H3. The molecule has 0 atom stereocenters. The van der Waals surface area contributed by atoms with Gasteiger partial charge in [0, 0.05) is 47.4 Å². The Morgan fingerprint density at radius 1 is 1.00 bits per heavy atom. The quantitative estimate of drug-likeness (QED) is 0.524. The Morgan fingerprint density at radius 3 is 2.17 bits per heavy atom. The van der Waals surface area contributed by atoms with E-state index < -0.39 is 0 Å². The van der Waals surface area contributed by atoms with Crippen LogP contribution in [0.5, 0.6) is 11.5 Å². The smallest absolute Gasteiger partial charge is 0.141 e. The molecule has 1 aliphatic heterocycles. The zero-order chi connectivity index (χ0) is 20.9. The minimum atomic E-state index is 0.264. The molecule has 3 heterocycles. The van der Waals surface area contributed by atoms with Gasteiger partial charge in [0.25, 0.3) is 0 Å². The molecular weight excluding hydrogens is 409 g/mol. The van der Waals surface area contributed by atoms with E-state index in [0.717, 1.165) is 35.4 Å². The van der Waals surface area contributed by atoms with Crippen molar-refractivity contribution in [1.29, 1.82) is 0 Å². The van der Waals surface area contributed by atoms with Gasteiger partial charge in [-0.3, -0.25) is 4.98 Å². The number of ether oxygens (including phenoxy) is 2. The molecule has 1 aromatic carbocycles. The summed E-state index contributed by atoms with van der Waals surface area (Å²) in [4.78, 5) is 11.7. The van der Waals surface area contributed by atoms with Crippen LogP contribution < -0.4 is 14.4 Å². The summed E-state index contributed by atoms with van der Waals surface area (Å²) in [5.41, 5.74) is 2.47. The van der Waals surface area contributed by atoms with Gasteiger partial charge in [0.15, 0.2) is 0 Å². The first-order chi connectivity index (χ1) is 13.7. The van der Waals surface area contributed by atoms with Crippen molar-refractivity contribution in [2.24, 2.45) is 5.41 Å². The molecule has 4 rings (SSSR count). The number of aryl methyl sites for hydroxylation is 1. The molecule has 7 heteroatoms. The van der Waals surface area contributed by atoms with Gasteiger partial charge >= 0.3 is 0 Å². The summed E-state index contributed by atoms with van der Waals surface area (Å²) in [6.07, 6.45) is 1.86. The average Bonchev–Trinajstić information content (AvgIpc) is 2.66. The highest BCUT2D eigenvalue weighted by atomic mass is 35.5. The fourth-order valence-corrected chi connectivity index (χ4v) is 4.54. The van der Waals surface area contributed by atoms with E-state index in [9.17, 15) is 0 Å². The fourth-order valence-electron chi connectivity index (χ4n) is 3.85. The summed E-state index contributed by atoms with van der Waals surface area (Å²) in [5.74, 6) is 1.88. The highest BCUT2D eigenvalue weighted by Crippen LogP contribution is 2.47. The number of methoxy groups -OCH3 is 2. The van der Waals surface area contributed by atoms with Gasteiger partial charge in [0.2, 0.25) is 0 Å². The Morgan fingerprint density at radius 2 is 1.62 bits per heavy atom. The molecule has 2 aromatic heterocycles. The first-order valence-electron chi connectivity index (χ1n) is 9.37. The molecule has 1 saturated heterocycles. The minimum Gasteiger partial charge on any atom is -0.495 e. The second-order valence-electron chi connectivity index (χ2n) is 8.18. The second kappa shape index (κ2) is 7.22. The minimum absolute atomic E-state index is 0.264. The van der Waals surface area contributed by atoms with Crippen LogP contribution in [0.25, 0.3) is 22.0 Å². The van der Waals surface area contributed by atoms with E-state index in [1.165, 1.54) is 0 Å². The number of anilines is 1. The maximum atomic E-state index is 6.64. The highest BCUT2D eigenvalue weighted by Gasteiger charge is 2.36. The molecule has 5 nitrogen and oxygen atoms in total. The molecular formula is C22H23Cl2N3O2. The first-order valence-corrected chi connectivity index (χ1v) is 10.1. The van der Waals surface area contributed by atoms with Crippen LogP contribution in [0.4, 0.5) is 5.82 Å². The van der Waals surface area contributed by atoms with Crippen LogP contribution in [0, 0.1) is 12.3 Å². The normalized spacial score (nSPS) is 15.3. The summed E-state index contributed by atoms with van der Waals surface area (Å²) < 4.78 is 10.8. The first kappa shape index (κ1) is 20.0. The van der Waals surface area contributed by atoms with Crippen molar-refractivity contribution < 1.29 is 9.47 Å². The van der Waals surface area contributed by atoms with E-state index in [2.05, 4.69) is 29.8 Å². The fraction of sp³-hybridized carbons (Fsp3) is 0.364. The predicted octanol–water partition coefficient (Wildman–Crippen LogP) is 5.78. The lowest BCUT2D eigenvalue weighted by Crippen LogP contribution is -2.53. The van der Waals surface area contributed by atoms with E-state index in [1.54, 1.807) is 20.3 Å². The van der Waals surface area contributed by atoms with Gasteiger partial charge in [-0.25, -0.2) is 4.98 Å². The Bertz CT molecular complexity index is 1080. The third-order valence-electron chi connectivity index (χ3n) is 5.20. The topological polar surface area (TPSA) is 47.5 Å². The zero-order valence-electron chi connectivity index (χ0n) is 17.1. The Labute approximate surface area is 180 Å². The summed E-state index contributed by atoms with van der Waals surface area (Å²) in [5, 5.41) is 2.85. The van der Waals surface area contributed by atoms with Crippen molar-refractivity contribution in [1.82, 2.24) is 9.97 Å². The lowest BCUT2D eigenvalue weighted by atomic mass is 9.84. The van der Waals surface area contributed by atoms with Gasteiger partial charge in [-0.1, -0.05) is 37.0 Å². The SMILES string of the molecule is COc1cc(OC)c(Cl)c(-c2cc3cnc(C)cc3c(N3CC(C)(C)C3)n2)c1Cl. The average molecular weight is 432 g/mol. The number of hydrogen-bond donors (Lipinski definition) is 0. The molecule has 1 fully saturated rings. The summed E-state index contributed by atoms with van der Waals surface area (Å²) in [6, 6.07) is 5.71. The van der Waals surface area contributed by atoms with Crippen LogP contribution in [0.3, 0.4) is 0 Å².